The molecule has 0 heterocycles. The number of hydrogen-bond acceptors (Lipinski definition) is 2. The summed E-state index contributed by atoms with van der Waals surface area (Å²) in [6, 6.07) is 13.5. The van der Waals surface area contributed by atoms with Crippen LogP contribution in [0.4, 0.5) is 10.5 Å². The van der Waals surface area contributed by atoms with E-state index in [-0.39, 0.29) is 12.6 Å². The molecule has 112 valence electrons. The molecular formula is C17H22N2O2. The summed E-state index contributed by atoms with van der Waals surface area (Å²) >= 11 is 0. The molecule has 2 amide bonds. The van der Waals surface area contributed by atoms with Crippen molar-refractivity contribution in [3.8, 4) is 0 Å². The second-order valence-electron chi connectivity index (χ2n) is 5.49. The van der Waals surface area contributed by atoms with Crippen molar-refractivity contribution in [2.75, 3.05) is 11.9 Å². The molecule has 2 aromatic rings. The average Bonchev–Trinajstić information content (AvgIpc) is 2.48. The van der Waals surface area contributed by atoms with Crippen molar-refractivity contribution in [1.82, 2.24) is 5.32 Å². The molecule has 0 radical (unpaired) electrons. The van der Waals surface area contributed by atoms with E-state index < -0.39 is 5.54 Å². The summed E-state index contributed by atoms with van der Waals surface area (Å²) in [5.74, 6) is 0. The SMILES string of the molecule is CCC(C)(CCO)NC(=O)Nc1cccc2ccccc12. The lowest BCUT2D eigenvalue weighted by Gasteiger charge is -2.29. The third-order valence-electron chi connectivity index (χ3n) is 3.90. The van der Waals surface area contributed by atoms with Crippen molar-refractivity contribution in [3.63, 3.8) is 0 Å². The number of anilines is 1. The van der Waals surface area contributed by atoms with E-state index in [4.69, 9.17) is 5.11 Å². The second kappa shape index (κ2) is 6.59. The van der Waals surface area contributed by atoms with Crippen LogP contribution in [-0.2, 0) is 0 Å². The van der Waals surface area contributed by atoms with Crippen LogP contribution in [0, 0.1) is 0 Å². The Balaban J connectivity index is 2.15. The lowest BCUT2D eigenvalue weighted by atomic mass is 9.95. The third-order valence-corrected chi connectivity index (χ3v) is 3.90. The quantitative estimate of drug-likeness (QED) is 0.787. The Hall–Kier alpha value is -2.07. The summed E-state index contributed by atoms with van der Waals surface area (Å²) < 4.78 is 0. The molecule has 0 spiro atoms. The van der Waals surface area contributed by atoms with Gasteiger partial charge < -0.3 is 15.7 Å². The Bertz CT molecular complexity index is 622. The first-order valence-electron chi connectivity index (χ1n) is 7.26. The number of urea groups is 1. The second-order valence-corrected chi connectivity index (χ2v) is 5.49. The van der Waals surface area contributed by atoms with Crippen molar-refractivity contribution in [1.29, 1.82) is 0 Å². The molecular weight excluding hydrogens is 264 g/mol. The summed E-state index contributed by atoms with van der Waals surface area (Å²) in [5, 5.41) is 17.1. The van der Waals surface area contributed by atoms with Crippen molar-refractivity contribution in [2.45, 2.75) is 32.2 Å². The van der Waals surface area contributed by atoms with Gasteiger partial charge in [-0.2, -0.15) is 0 Å². The van der Waals surface area contributed by atoms with E-state index >= 15 is 0 Å². The van der Waals surface area contributed by atoms with Gasteiger partial charge in [0.05, 0.1) is 5.69 Å². The molecule has 1 atom stereocenters. The van der Waals surface area contributed by atoms with Gasteiger partial charge in [-0.1, -0.05) is 43.3 Å². The molecule has 0 saturated carbocycles. The molecule has 0 bridgehead atoms. The first-order valence-corrected chi connectivity index (χ1v) is 7.26. The van der Waals surface area contributed by atoms with E-state index in [2.05, 4.69) is 10.6 Å². The smallest absolute Gasteiger partial charge is 0.319 e. The summed E-state index contributed by atoms with van der Waals surface area (Å²) in [7, 11) is 0. The van der Waals surface area contributed by atoms with E-state index in [1.807, 2.05) is 56.3 Å². The molecule has 1 unspecified atom stereocenters. The number of fused-ring (bicyclic) bond motifs is 1. The predicted molar refractivity (Wildman–Crippen MR) is 86.5 cm³/mol. The minimum absolute atomic E-state index is 0.0545. The highest BCUT2D eigenvalue weighted by Crippen LogP contribution is 2.23. The fourth-order valence-corrected chi connectivity index (χ4v) is 2.34. The molecule has 4 nitrogen and oxygen atoms in total. The van der Waals surface area contributed by atoms with Gasteiger partial charge >= 0.3 is 6.03 Å². The monoisotopic (exact) mass is 286 g/mol. The maximum absolute atomic E-state index is 12.2. The zero-order valence-electron chi connectivity index (χ0n) is 12.5. The van der Waals surface area contributed by atoms with Gasteiger partial charge in [-0.15, -0.1) is 0 Å². The minimum atomic E-state index is -0.399. The van der Waals surface area contributed by atoms with Crippen LogP contribution in [-0.4, -0.2) is 23.3 Å². The van der Waals surface area contributed by atoms with Crippen LogP contribution in [0.2, 0.25) is 0 Å². The highest BCUT2D eigenvalue weighted by molar-refractivity contribution is 6.01. The van der Waals surface area contributed by atoms with E-state index in [9.17, 15) is 4.79 Å². The van der Waals surface area contributed by atoms with Crippen molar-refractivity contribution < 1.29 is 9.90 Å². The highest BCUT2D eigenvalue weighted by Gasteiger charge is 2.23. The molecule has 4 heteroatoms. The molecule has 0 aliphatic carbocycles. The maximum atomic E-state index is 12.2. The largest absolute Gasteiger partial charge is 0.396 e. The first kappa shape index (κ1) is 15.3. The van der Waals surface area contributed by atoms with Gasteiger partial charge in [0, 0.05) is 17.5 Å². The molecule has 0 saturated heterocycles. The zero-order valence-corrected chi connectivity index (χ0v) is 12.5. The van der Waals surface area contributed by atoms with Crippen molar-refractivity contribution in [3.05, 3.63) is 42.5 Å². The molecule has 0 fully saturated rings. The van der Waals surface area contributed by atoms with Crippen molar-refractivity contribution in [2.24, 2.45) is 0 Å². The van der Waals surface area contributed by atoms with Crippen LogP contribution in [0.5, 0.6) is 0 Å². The number of aliphatic hydroxyl groups is 1. The molecule has 0 aliphatic heterocycles. The van der Waals surface area contributed by atoms with Crippen LogP contribution >= 0.6 is 0 Å². The average molecular weight is 286 g/mol. The van der Waals surface area contributed by atoms with Crippen LogP contribution in [0.1, 0.15) is 26.7 Å². The van der Waals surface area contributed by atoms with E-state index in [1.165, 1.54) is 0 Å². The number of carbonyl (C=O) groups is 1. The van der Waals surface area contributed by atoms with Gasteiger partial charge in [-0.3, -0.25) is 0 Å². The van der Waals surface area contributed by atoms with Gasteiger partial charge in [0.1, 0.15) is 0 Å². The lowest BCUT2D eigenvalue weighted by molar-refractivity contribution is 0.208. The van der Waals surface area contributed by atoms with Crippen LogP contribution in [0.15, 0.2) is 42.5 Å². The minimum Gasteiger partial charge on any atom is -0.396 e. The van der Waals surface area contributed by atoms with E-state index in [0.29, 0.717) is 6.42 Å². The Morgan fingerprint density at radius 1 is 1.19 bits per heavy atom. The topological polar surface area (TPSA) is 61.4 Å². The highest BCUT2D eigenvalue weighted by atomic mass is 16.3. The molecule has 3 N–H and O–H groups in total. The van der Waals surface area contributed by atoms with Crippen LogP contribution in [0.25, 0.3) is 10.8 Å². The fourth-order valence-electron chi connectivity index (χ4n) is 2.34. The number of carbonyl (C=O) groups excluding carboxylic acids is 1. The van der Waals surface area contributed by atoms with E-state index in [0.717, 1.165) is 22.9 Å². The number of aliphatic hydroxyl groups excluding tert-OH is 1. The first-order chi connectivity index (χ1) is 10.1. The summed E-state index contributed by atoms with van der Waals surface area (Å²) in [4.78, 5) is 12.2. The Labute approximate surface area is 125 Å². The summed E-state index contributed by atoms with van der Waals surface area (Å²) in [6.45, 7) is 3.98. The number of hydrogen-bond donors (Lipinski definition) is 3. The zero-order chi connectivity index (χ0) is 15.3. The van der Waals surface area contributed by atoms with Crippen molar-refractivity contribution >= 4 is 22.5 Å². The Morgan fingerprint density at radius 3 is 2.62 bits per heavy atom. The molecule has 2 rings (SSSR count). The number of amides is 2. The third kappa shape index (κ3) is 3.73. The normalized spacial score (nSPS) is 13.7. The van der Waals surface area contributed by atoms with Gasteiger partial charge in [0.2, 0.25) is 0 Å². The van der Waals surface area contributed by atoms with E-state index in [1.54, 1.807) is 0 Å². The van der Waals surface area contributed by atoms with Crippen LogP contribution < -0.4 is 10.6 Å². The summed E-state index contributed by atoms with van der Waals surface area (Å²) in [5.41, 5.74) is 0.386. The molecule has 0 aliphatic rings. The van der Waals surface area contributed by atoms with Gasteiger partial charge in [0.15, 0.2) is 0 Å². The van der Waals surface area contributed by atoms with Gasteiger partial charge in [-0.05, 0) is 31.2 Å². The summed E-state index contributed by atoms with van der Waals surface area (Å²) in [6.07, 6.45) is 1.29. The lowest BCUT2D eigenvalue weighted by Crippen LogP contribution is -2.48. The molecule has 21 heavy (non-hydrogen) atoms. The number of benzene rings is 2. The predicted octanol–water partition coefficient (Wildman–Crippen LogP) is 3.51. The molecule has 2 aromatic carbocycles. The van der Waals surface area contributed by atoms with Gasteiger partial charge in [0.25, 0.3) is 0 Å². The van der Waals surface area contributed by atoms with Gasteiger partial charge in [-0.25, -0.2) is 4.79 Å². The number of nitrogens with one attached hydrogen (secondary N) is 2. The molecule has 0 aromatic heterocycles. The fraction of sp³-hybridized carbons (Fsp3) is 0.353. The maximum Gasteiger partial charge on any atom is 0.319 e. The Morgan fingerprint density at radius 2 is 1.90 bits per heavy atom. The van der Waals surface area contributed by atoms with Crippen LogP contribution in [0.3, 0.4) is 0 Å². The Kier molecular flexibility index (Phi) is 4.81. The number of rotatable bonds is 5. The standard InChI is InChI=1S/C17H22N2O2/c1-3-17(2,11-12-20)19-16(21)18-15-10-6-8-13-7-4-5-9-14(13)15/h4-10,20H,3,11-12H2,1-2H3,(H2,18,19,21).